The summed E-state index contributed by atoms with van der Waals surface area (Å²) in [6, 6.07) is 6.04. The summed E-state index contributed by atoms with van der Waals surface area (Å²) in [5, 5.41) is 9.52. The number of esters is 1. The van der Waals surface area contributed by atoms with Crippen molar-refractivity contribution >= 4 is 5.97 Å². The highest BCUT2D eigenvalue weighted by Crippen LogP contribution is 2.40. The van der Waals surface area contributed by atoms with Crippen LogP contribution in [0, 0.1) is 17.1 Å². The van der Waals surface area contributed by atoms with Gasteiger partial charge in [-0.1, -0.05) is 6.92 Å². The Balaban J connectivity index is 2.60. The predicted octanol–water partition coefficient (Wildman–Crippen LogP) is 3.26. The average Bonchev–Trinajstić information content (AvgIpc) is 2.59. The Labute approximate surface area is 151 Å². The summed E-state index contributed by atoms with van der Waals surface area (Å²) in [7, 11) is 0. The van der Waals surface area contributed by atoms with Gasteiger partial charge in [0.2, 0.25) is 5.88 Å². The molecule has 0 saturated heterocycles. The summed E-state index contributed by atoms with van der Waals surface area (Å²) >= 11 is 0. The lowest BCUT2D eigenvalue weighted by Gasteiger charge is -2.27. The van der Waals surface area contributed by atoms with E-state index in [-0.39, 0.29) is 29.4 Å². The number of rotatable bonds is 6. The van der Waals surface area contributed by atoms with Gasteiger partial charge in [0.1, 0.15) is 29.0 Å². The van der Waals surface area contributed by atoms with Crippen LogP contribution < -0.4 is 10.5 Å². The van der Waals surface area contributed by atoms with Crippen LogP contribution in [0.5, 0.6) is 5.75 Å². The van der Waals surface area contributed by atoms with Crippen LogP contribution in [-0.2, 0) is 14.3 Å². The zero-order valence-corrected chi connectivity index (χ0v) is 15.0. The highest BCUT2D eigenvalue weighted by molar-refractivity contribution is 5.92. The molecule has 2 rings (SSSR count). The van der Waals surface area contributed by atoms with Gasteiger partial charge in [0, 0.05) is 6.07 Å². The molecule has 0 radical (unpaired) electrons. The monoisotopic (exact) mass is 360 g/mol. The van der Waals surface area contributed by atoms with Crippen LogP contribution in [0.2, 0.25) is 0 Å². The number of nitriles is 1. The van der Waals surface area contributed by atoms with E-state index in [2.05, 4.69) is 0 Å². The van der Waals surface area contributed by atoms with E-state index in [0.717, 1.165) is 6.42 Å². The van der Waals surface area contributed by atoms with E-state index < -0.39 is 17.7 Å². The molecule has 138 valence electrons. The third-order valence-electron chi connectivity index (χ3n) is 3.80. The maximum absolute atomic E-state index is 14.1. The van der Waals surface area contributed by atoms with Crippen molar-refractivity contribution in [1.82, 2.24) is 0 Å². The third kappa shape index (κ3) is 3.97. The minimum Gasteiger partial charge on any atom is -0.493 e. The fraction of sp³-hybridized carbons (Fsp3) is 0.368. The van der Waals surface area contributed by atoms with Crippen molar-refractivity contribution in [3.05, 3.63) is 52.4 Å². The van der Waals surface area contributed by atoms with Gasteiger partial charge in [-0.05, 0) is 38.0 Å². The minimum absolute atomic E-state index is 0.0192. The molecule has 6 nitrogen and oxygen atoms in total. The van der Waals surface area contributed by atoms with Crippen molar-refractivity contribution in [2.24, 2.45) is 5.73 Å². The van der Waals surface area contributed by atoms with Gasteiger partial charge in [0.15, 0.2) is 0 Å². The average molecular weight is 360 g/mol. The van der Waals surface area contributed by atoms with Gasteiger partial charge in [0.25, 0.3) is 0 Å². The summed E-state index contributed by atoms with van der Waals surface area (Å²) in [4.78, 5) is 12.4. The van der Waals surface area contributed by atoms with E-state index in [0.29, 0.717) is 17.9 Å². The van der Waals surface area contributed by atoms with E-state index in [1.807, 2.05) is 13.0 Å². The number of carbonyl (C=O) groups excluding carboxylic acids is 1. The third-order valence-corrected chi connectivity index (χ3v) is 3.80. The topological polar surface area (TPSA) is 94.6 Å². The Morgan fingerprint density at radius 2 is 2.12 bits per heavy atom. The molecule has 0 fully saturated rings. The van der Waals surface area contributed by atoms with Crippen molar-refractivity contribution in [2.75, 3.05) is 13.2 Å². The highest BCUT2D eigenvalue weighted by atomic mass is 19.1. The van der Waals surface area contributed by atoms with Gasteiger partial charge < -0.3 is 19.9 Å². The van der Waals surface area contributed by atoms with Crippen LogP contribution >= 0.6 is 0 Å². The standard InChI is InChI=1S/C19H21FN2O4/c1-4-6-25-14-8-12(7-13(20)9-14)17-15(10-21)18(22)26-11(3)16(17)19(23)24-5-2/h7-9,17H,4-6,22H2,1-3H3. The van der Waals surface area contributed by atoms with Crippen LogP contribution in [0.15, 0.2) is 41.0 Å². The van der Waals surface area contributed by atoms with Gasteiger partial charge >= 0.3 is 5.97 Å². The Kier molecular flexibility index (Phi) is 6.23. The van der Waals surface area contributed by atoms with Gasteiger partial charge in [-0.15, -0.1) is 0 Å². The lowest BCUT2D eigenvalue weighted by Crippen LogP contribution is -2.25. The van der Waals surface area contributed by atoms with Crippen LogP contribution in [0.1, 0.15) is 38.7 Å². The van der Waals surface area contributed by atoms with E-state index >= 15 is 0 Å². The molecule has 1 atom stereocenters. The molecule has 1 aliphatic heterocycles. The van der Waals surface area contributed by atoms with E-state index in [4.69, 9.17) is 19.9 Å². The van der Waals surface area contributed by atoms with Crippen LogP contribution in [0.4, 0.5) is 4.39 Å². The van der Waals surface area contributed by atoms with Crippen LogP contribution in [0.25, 0.3) is 0 Å². The SMILES string of the molecule is CCCOc1cc(F)cc(C2C(C#N)=C(N)OC(C)=C2C(=O)OCC)c1. The molecular weight excluding hydrogens is 339 g/mol. The number of hydrogen-bond acceptors (Lipinski definition) is 6. The molecule has 1 aromatic carbocycles. The number of nitrogens with two attached hydrogens (primary N) is 1. The van der Waals surface area contributed by atoms with E-state index in [1.54, 1.807) is 19.9 Å². The minimum atomic E-state index is -0.896. The van der Waals surface area contributed by atoms with Crippen LogP contribution in [0.3, 0.4) is 0 Å². The molecule has 7 heteroatoms. The first-order chi connectivity index (χ1) is 12.4. The molecule has 1 aromatic rings. The van der Waals surface area contributed by atoms with Crippen molar-refractivity contribution in [1.29, 1.82) is 5.26 Å². The summed E-state index contributed by atoms with van der Waals surface area (Å²) in [6.07, 6.45) is 0.756. The van der Waals surface area contributed by atoms with Crippen molar-refractivity contribution in [3.63, 3.8) is 0 Å². The van der Waals surface area contributed by atoms with Gasteiger partial charge in [-0.2, -0.15) is 5.26 Å². The maximum atomic E-state index is 14.1. The molecule has 0 saturated carbocycles. The molecule has 1 heterocycles. The number of halogens is 1. The van der Waals surface area contributed by atoms with Crippen molar-refractivity contribution in [3.8, 4) is 11.8 Å². The number of hydrogen-bond donors (Lipinski definition) is 1. The highest BCUT2D eigenvalue weighted by Gasteiger charge is 2.36. The second-order valence-corrected chi connectivity index (χ2v) is 5.68. The molecule has 0 amide bonds. The normalized spacial score (nSPS) is 16.8. The predicted molar refractivity (Wildman–Crippen MR) is 92.2 cm³/mol. The molecule has 0 aliphatic carbocycles. The van der Waals surface area contributed by atoms with Crippen LogP contribution in [-0.4, -0.2) is 19.2 Å². The van der Waals surface area contributed by atoms with Gasteiger partial charge in [-0.3, -0.25) is 0 Å². The quantitative estimate of drug-likeness (QED) is 0.783. The Morgan fingerprint density at radius 1 is 1.38 bits per heavy atom. The number of ether oxygens (including phenoxy) is 3. The summed E-state index contributed by atoms with van der Waals surface area (Å²) < 4.78 is 30.1. The fourth-order valence-electron chi connectivity index (χ4n) is 2.74. The molecule has 1 aliphatic rings. The number of benzene rings is 1. The van der Waals surface area contributed by atoms with Gasteiger partial charge in [-0.25, -0.2) is 9.18 Å². The summed E-state index contributed by atoms with van der Waals surface area (Å²) in [5.41, 5.74) is 6.32. The summed E-state index contributed by atoms with van der Waals surface area (Å²) in [5.74, 6) is -1.68. The molecule has 0 bridgehead atoms. The zero-order valence-electron chi connectivity index (χ0n) is 15.0. The number of carbonyl (C=O) groups is 1. The van der Waals surface area contributed by atoms with Crippen molar-refractivity contribution in [2.45, 2.75) is 33.1 Å². The van der Waals surface area contributed by atoms with Crippen molar-refractivity contribution < 1.29 is 23.4 Å². The Bertz CT molecular complexity index is 808. The summed E-state index contributed by atoms with van der Waals surface area (Å²) in [6.45, 7) is 5.71. The molecule has 2 N–H and O–H groups in total. The molecule has 1 unspecified atom stereocenters. The largest absolute Gasteiger partial charge is 0.493 e. The first-order valence-corrected chi connectivity index (χ1v) is 8.31. The molecular formula is C19H21FN2O4. The van der Waals surface area contributed by atoms with Gasteiger partial charge in [0.05, 0.1) is 24.7 Å². The molecule has 0 spiro atoms. The fourth-order valence-corrected chi connectivity index (χ4v) is 2.74. The first-order valence-electron chi connectivity index (χ1n) is 8.31. The lowest BCUT2D eigenvalue weighted by molar-refractivity contribution is -0.139. The number of nitrogens with zero attached hydrogens (tertiary/aromatic N) is 1. The zero-order chi connectivity index (χ0) is 19.3. The van der Waals surface area contributed by atoms with E-state index in [9.17, 15) is 14.4 Å². The van der Waals surface area contributed by atoms with E-state index in [1.165, 1.54) is 12.1 Å². The second-order valence-electron chi connectivity index (χ2n) is 5.68. The Morgan fingerprint density at radius 3 is 2.73 bits per heavy atom. The number of allylic oxidation sites excluding steroid dienone is 2. The Hall–Kier alpha value is -3.01. The molecule has 26 heavy (non-hydrogen) atoms. The lowest BCUT2D eigenvalue weighted by atomic mass is 9.83. The smallest absolute Gasteiger partial charge is 0.338 e. The first kappa shape index (κ1) is 19.3. The molecule has 0 aromatic heterocycles. The maximum Gasteiger partial charge on any atom is 0.338 e. The second kappa shape index (κ2) is 8.39.